The minimum Gasteiger partial charge on any atom is -0.309 e. The van der Waals surface area contributed by atoms with E-state index in [0.717, 1.165) is 77.4 Å². The Balaban J connectivity index is 1.27. The fourth-order valence-electron chi connectivity index (χ4n) is 8.52. The third-order valence-corrected chi connectivity index (χ3v) is 11.2. The monoisotopic (exact) mass is 765 g/mol. The van der Waals surface area contributed by atoms with Crippen molar-refractivity contribution in [3.63, 3.8) is 0 Å². The number of nitrogens with zero attached hydrogens (tertiary/aromatic N) is 7. The fraction of sp³-hybridized carbons (Fsp3) is 0. The van der Waals surface area contributed by atoms with Crippen LogP contribution in [0.3, 0.4) is 0 Å². The summed E-state index contributed by atoms with van der Waals surface area (Å²) in [6, 6.07) is 68.0. The third kappa shape index (κ3) is 5.61. The minimum absolute atomic E-state index is 0.484. The molecule has 7 nitrogen and oxygen atoms in total. The molecule has 0 aliphatic heterocycles. The highest BCUT2D eigenvalue weighted by molar-refractivity contribution is 6.14. The first-order valence-corrected chi connectivity index (χ1v) is 19.6. The average molecular weight is 766 g/mol. The Kier molecular flexibility index (Phi) is 8.11. The standard InChI is InChI=1S/C53H31N7/c54-32-34-23-26-42-43-27-24-35(33-55)30-49(43)60(48(42)29-34)47-28-25-38(40-20-12-21-44-41-19-10-11-22-46(41)59(50(40)44)39-17-8-3-9-18-39)31-45(47)53-57-51(36-13-4-1-5-14-36)56-52(58-53)37-15-6-2-7-16-37/h1-31H. The van der Waals surface area contributed by atoms with Gasteiger partial charge in [-0.1, -0.05) is 133 Å². The van der Waals surface area contributed by atoms with Gasteiger partial charge in [-0.15, -0.1) is 0 Å². The Bertz CT molecular complexity index is 3430. The predicted octanol–water partition coefficient (Wildman–Crippen LogP) is 12.5. The molecule has 0 atom stereocenters. The van der Waals surface area contributed by atoms with E-state index >= 15 is 0 Å². The molecule has 11 aromatic rings. The lowest BCUT2D eigenvalue weighted by molar-refractivity contribution is 1.06. The summed E-state index contributed by atoms with van der Waals surface area (Å²) in [5, 5.41) is 24.4. The molecule has 3 aromatic heterocycles. The van der Waals surface area contributed by atoms with Crippen LogP contribution in [0, 0.1) is 22.7 Å². The van der Waals surface area contributed by atoms with Crippen LogP contribution in [-0.2, 0) is 0 Å². The van der Waals surface area contributed by atoms with Crippen molar-refractivity contribution in [2.75, 3.05) is 0 Å². The van der Waals surface area contributed by atoms with Crippen molar-refractivity contribution in [1.29, 1.82) is 10.5 Å². The molecular weight excluding hydrogens is 735 g/mol. The Morgan fingerprint density at radius 1 is 0.367 bits per heavy atom. The summed E-state index contributed by atoms with van der Waals surface area (Å²) >= 11 is 0. The molecule has 60 heavy (non-hydrogen) atoms. The van der Waals surface area contributed by atoms with Gasteiger partial charge in [0.1, 0.15) is 0 Å². The van der Waals surface area contributed by atoms with Gasteiger partial charge in [0.2, 0.25) is 0 Å². The quantitative estimate of drug-likeness (QED) is 0.168. The molecule has 0 amide bonds. The normalized spacial score (nSPS) is 11.3. The first kappa shape index (κ1) is 34.6. The zero-order chi connectivity index (χ0) is 40.2. The molecule has 0 saturated carbocycles. The summed E-state index contributed by atoms with van der Waals surface area (Å²) in [4.78, 5) is 15.5. The number of rotatable bonds is 6. The summed E-state index contributed by atoms with van der Waals surface area (Å²) in [7, 11) is 0. The van der Waals surface area contributed by atoms with E-state index in [1.807, 2.05) is 103 Å². The molecule has 0 N–H and O–H groups in total. The third-order valence-electron chi connectivity index (χ3n) is 11.2. The van der Waals surface area contributed by atoms with Crippen LogP contribution in [0.25, 0.3) is 100 Å². The summed E-state index contributed by atoms with van der Waals surface area (Å²) in [5.74, 6) is 1.57. The van der Waals surface area contributed by atoms with Gasteiger partial charge < -0.3 is 9.13 Å². The van der Waals surface area contributed by atoms with Gasteiger partial charge in [0.05, 0.1) is 51.0 Å². The van der Waals surface area contributed by atoms with Gasteiger partial charge >= 0.3 is 0 Å². The molecule has 8 aromatic carbocycles. The van der Waals surface area contributed by atoms with Gasteiger partial charge in [0, 0.05) is 49.5 Å². The lowest BCUT2D eigenvalue weighted by Gasteiger charge is -2.17. The molecule has 0 aliphatic carbocycles. The van der Waals surface area contributed by atoms with Crippen molar-refractivity contribution in [2.24, 2.45) is 0 Å². The zero-order valence-electron chi connectivity index (χ0n) is 32.0. The second-order valence-corrected chi connectivity index (χ2v) is 14.7. The predicted molar refractivity (Wildman–Crippen MR) is 240 cm³/mol. The van der Waals surface area contributed by atoms with Gasteiger partial charge in [0.25, 0.3) is 0 Å². The van der Waals surface area contributed by atoms with E-state index in [4.69, 9.17) is 15.0 Å². The van der Waals surface area contributed by atoms with E-state index in [2.05, 4.69) is 106 Å². The largest absolute Gasteiger partial charge is 0.309 e. The summed E-state index contributed by atoms with van der Waals surface area (Å²) in [6.45, 7) is 0. The van der Waals surface area contributed by atoms with Crippen LogP contribution in [0.15, 0.2) is 188 Å². The molecule has 3 heterocycles. The van der Waals surface area contributed by atoms with Crippen LogP contribution in [-0.4, -0.2) is 24.1 Å². The number of hydrogen-bond donors (Lipinski definition) is 0. The highest BCUT2D eigenvalue weighted by Gasteiger charge is 2.23. The van der Waals surface area contributed by atoms with E-state index in [9.17, 15) is 10.5 Å². The Morgan fingerprint density at radius 3 is 1.52 bits per heavy atom. The van der Waals surface area contributed by atoms with E-state index in [-0.39, 0.29) is 0 Å². The number of para-hydroxylation sites is 3. The van der Waals surface area contributed by atoms with Gasteiger partial charge in [-0.2, -0.15) is 10.5 Å². The van der Waals surface area contributed by atoms with E-state index in [0.29, 0.717) is 28.6 Å². The minimum atomic E-state index is 0.484. The molecule has 0 fully saturated rings. The smallest absolute Gasteiger partial charge is 0.166 e. The number of hydrogen-bond acceptors (Lipinski definition) is 5. The lowest BCUT2D eigenvalue weighted by Crippen LogP contribution is -2.04. The van der Waals surface area contributed by atoms with Gasteiger partial charge in [-0.05, 0) is 60.2 Å². The summed E-state index contributed by atoms with van der Waals surface area (Å²) < 4.78 is 4.48. The lowest BCUT2D eigenvalue weighted by atomic mass is 9.98. The fourth-order valence-corrected chi connectivity index (χ4v) is 8.52. The average Bonchev–Trinajstić information content (AvgIpc) is 3.84. The number of aromatic nitrogens is 5. The van der Waals surface area contributed by atoms with Crippen LogP contribution in [0.1, 0.15) is 11.1 Å². The first-order chi connectivity index (χ1) is 29.7. The number of benzene rings is 8. The molecule has 0 radical (unpaired) electrons. The maximum absolute atomic E-state index is 10.1. The molecule has 11 rings (SSSR count). The van der Waals surface area contributed by atoms with Crippen molar-refractivity contribution < 1.29 is 0 Å². The zero-order valence-corrected chi connectivity index (χ0v) is 32.0. The van der Waals surface area contributed by atoms with Crippen LogP contribution >= 0.6 is 0 Å². The Morgan fingerprint density at radius 2 is 0.900 bits per heavy atom. The molecule has 278 valence electrons. The topological polar surface area (TPSA) is 96.1 Å². The summed E-state index contributed by atoms with van der Waals surface area (Å²) in [6.07, 6.45) is 0. The van der Waals surface area contributed by atoms with Crippen molar-refractivity contribution in [3.8, 4) is 68.8 Å². The maximum Gasteiger partial charge on any atom is 0.166 e. The van der Waals surface area contributed by atoms with Crippen LogP contribution in [0.4, 0.5) is 0 Å². The van der Waals surface area contributed by atoms with E-state index < -0.39 is 0 Å². The molecule has 7 heteroatoms. The molecular formula is C53H31N7. The maximum atomic E-state index is 10.1. The molecule has 0 unspecified atom stereocenters. The van der Waals surface area contributed by atoms with Crippen LogP contribution in [0.5, 0.6) is 0 Å². The number of nitriles is 2. The Hall–Kier alpha value is -8.65. The second-order valence-electron chi connectivity index (χ2n) is 14.7. The van der Waals surface area contributed by atoms with Crippen LogP contribution < -0.4 is 0 Å². The van der Waals surface area contributed by atoms with E-state index in [1.165, 1.54) is 5.39 Å². The molecule has 0 aliphatic rings. The van der Waals surface area contributed by atoms with Gasteiger partial charge in [-0.3, -0.25) is 0 Å². The van der Waals surface area contributed by atoms with Gasteiger partial charge in [-0.25, -0.2) is 15.0 Å². The molecule has 0 spiro atoms. The van der Waals surface area contributed by atoms with Crippen molar-refractivity contribution in [2.45, 2.75) is 0 Å². The van der Waals surface area contributed by atoms with Crippen LogP contribution in [0.2, 0.25) is 0 Å². The molecule has 0 saturated heterocycles. The SMILES string of the molecule is N#Cc1ccc2c3ccc(C#N)cc3n(-c3ccc(-c4cccc5c6ccccc6n(-c6ccccc6)c45)cc3-c3nc(-c4ccccc4)nc(-c4ccccc4)n3)c2c1. The van der Waals surface area contributed by atoms with Crippen molar-refractivity contribution in [3.05, 3.63) is 199 Å². The van der Waals surface area contributed by atoms with E-state index in [1.54, 1.807) is 0 Å². The highest BCUT2D eigenvalue weighted by Crippen LogP contribution is 2.42. The summed E-state index contributed by atoms with van der Waals surface area (Å²) in [5.41, 5.74) is 11.3. The molecule has 0 bridgehead atoms. The first-order valence-electron chi connectivity index (χ1n) is 19.6. The number of fused-ring (bicyclic) bond motifs is 6. The Labute approximate surface area is 345 Å². The van der Waals surface area contributed by atoms with Crippen molar-refractivity contribution in [1.82, 2.24) is 24.1 Å². The highest BCUT2D eigenvalue weighted by atomic mass is 15.1. The van der Waals surface area contributed by atoms with Gasteiger partial charge in [0.15, 0.2) is 17.5 Å². The van der Waals surface area contributed by atoms with Crippen molar-refractivity contribution >= 4 is 43.6 Å². The second kappa shape index (κ2) is 14.1.